The van der Waals surface area contributed by atoms with E-state index >= 15 is 0 Å². The van der Waals surface area contributed by atoms with E-state index in [9.17, 15) is 9.18 Å². The van der Waals surface area contributed by atoms with E-state index < -0.39 is 0 Å². The summed E-state index contributed by atoms with van der Waals surface area (Å²) in [6, 6.07) is 13.7. The molecule has 4 heteroatoms. The molecule has 1 amide bonds. The highest BCUT2D eigenvalue weighted by Crippen LogP contribution is 2.25. The molecule has 0 aromatic heterocycles. The molecule has 1 saturated carbocycles. The Labute approximate surface area is 116 Å². The van der Waals surface area contributed by atoms with Crippen LogP contribution >= 0.6 is 0 Å². The molecule has 0 heterocycles. The number of carbonyl (C=O) groups is 1. The second kappa shape index (κ2) is 5.33. The van der Waals surface area contributed by atoms with Crippen LogP contribution in [0.25, 0.3) is 0 Å². The second-order valence-corrected chi connectivity index (χ2v) is 4.96. The van der Waals surface area contributed by atoms with Gasteiger partial charge in [-0.1, -0.05) is 0 Å². The first-order chi connectivity index (χ1) is 9.70. The third-order valence-electron chi connectivity index (χ3n) is 3.20. The molecule has 2 aromatic rings. The summed E-state index contributed by atoms with van der Waals surface area (Å²) in [4.78, 5) is 11.9. The number of hydrogen-bond donors (Lipinski definition) is 2. The highest BCUT2D eigenvalue weighted by molar-refractivity contribution is 6.04. The van der Waals surface area contributed by atoms with Crippen LogP contribution in [-0.4, -0.2) is 11.9 Å². The lowest BCUT2D eigenvalue weighted by Crippen LogP contribution is -2.11. The molecule has 102 valence electrons. The van der Waals surface area contributed by atoms with Crippen molar-refractivity contribution in [3.8, 4) is 0 Å². The van der Waals surface area contributed by atoms with Crippen LogP contribution in [0.15, 0.2) is 48.5 Å². The van der Waals surface area contributed by atoms with E-state index in [0.29, 0.717) is 11.6 Å². The van der Waals surface area contributed by atoms with Gasteiger partial charge < -0.3 is 10.6 Å². The number of anilines is 2. The number of hydrogen-bond acceptors (Lipinski definition) is 2. The number of halogens is 1. The molecule has 20 heavy (non-hydrogen) atoms. The molecule has 3 rings (SSSR count). The molecule has 0 unspecified atom stereocenters. The van der Waals surface area contributed by atoms with Crippen molar-refractivity contribution in [3.05, 3.63) is 59.9 Å². The van der Waals surface area contributed by atoms with Crippen molar-refractivity contribution < 1.29 is 9.18 Å². The monoisotopic (exact) mass is 270 g/mol. The SMILES string of the molecule is O=C(Nc1ccc(NC2CC2)cc1)c1ccc(F)cc1. The molecule has 0 spiro atoms. The minimum Gasteiger partial charge on any atom is -0.382 e. The topological polar surface area (TPSA) is 41.1 Å². The van der Waals surface area contributed by atoms with Crippen molar-refractivity contribution in [2.24, 2.45) is 0 Å². The first-order valence-corrected chi connectivity index (χ1v) is 6.64. The maximum absolute atomic E-state index is 12.8. The fraction of sp³-hybridized carbons (Fsp3) is 0.188. The Morgan fingerprint density at radius 3 is 2.15 bits per heavy atom. The Balaban J connectivity index is 1.64. The van der Waals surface area contributed by atoms with E-state index in [0.717, 1.165) is 11.4 Å². The van der Waals surface area contributed by atoms with Crippen LogP contribution in [0.1, 0.15) is 23.2 Å². The molecule has 2 aromatic carbocycles. The zero-order valence-corrected chi connectivity index (χ0v) is 10.9. The molecule has 1 aliphatic carbocycles. The van der Waals surface area contributed by atoms with Crippen LogP contribution in [0.4, 0.5) is 15.8 Å². The number of amides is 1. The van der Waals surface area contributed by atoms with E-state index in [1.807, 2.05) is 24.3 Å². The number of rotatable bonds is 4. The summed E-state index contributed by atoms with van der Waals surface area (Å²) in [5.41, 5.74) is 2.22. The van der Waals surface area contributed by atoms with Crippen molar-refractivity contribution in [1.29, 1.82) is 0 Å². The molecule has 0 saturated heterocycles. The molecule has 2 N–H and O–H groups in total. The van der Waals surface area contributed by atoms with Gasteiger partial charge in [0.05, 0.1) is 0 Å². The van der Waals surface area contributed by atoms with Gasteiger partial charge in [-0.2, -0.15) is 0 Å². The number of carbonyl (C=O) groups excluding carboxylic acids is 1. The number of benzene rings is 2. The Morgan fingerprint density at radius 1 is 0.950 bits per heavy atom. The van der Waals surface area contributed by atoms with Gasteiger partial charge >= 0.3 is 0 Å². The lowest BCUT2D eigenvalue weighted by molar-refractivity contribution is 0.102. The van der Waals surface area contributed by atoms with Crippen molar-refractivity contribution in [2.75, 3.05) is 10.6 Å². The molecular weight excluding hydrogens is 255 g/mol. The lowest BCUT2D eigenvalue weighted by atomic mass is 10.2. The minimum absolute atomic E-state index is 0.243. The van der Waals surface area contributed by atoms with Crippen LogP contribution in [0.2, 0.25) is 0 Å². The third kappa shape index (κ3) is 3.15. The Hall–Kier alpha value is -2.36. The standard InChI is InChI=1S/C16H15FN2O/c17-12-3-1-11(2-4-12)16(20)19-15-9-7-14(8-10-15)18-13-5-6-13/h1-4,7-10,13,18H,5-6H2,(H,19,20). The molecular formula is C16H15FN2O. The van der Waals surface area contributed by atoms with Crippen molar-refractivity contribution in [1.82, 2.24) is 0 Å². The first-order valence-electron chi connectivity index (χ1n) is 6.64. The molecule has 1 aliphatic rings. The van der Waals surface area contributed by atoms with Crippen LogP contribution in [-0.2, 0) is 0 Å². The molecule has 0 atom stereocenters. The fourth-order valence-electron chi connectivity index (χ4n) is 1.92. The van der Waals surface area contributed by atoms with E-state index in [2.05, 4.69) is 10.6 Å². The smallest absolute Gasteiger partial charge is 0.255 e. The van der Waals surface area contributed by atoms with Gasteiger partial charge in [-0.15, -0.1) is 0 Å². The highest BCUT2D eigenvalue weighted by Gasteiger charge is 2.20. The summed E-state index contributed by atoms with van der Waals surface area (Å²) in [6.07, 6.45) is 2.45. The fourth-order valence-corrected chi connectivity index (χ4v) is 1.92. The Bertz CT molecular complexity index is 603. The maximum Gasteiger partial charge on any atom is 0.255 e. The third-order valence-corrected chi connectivity index (χ3v) is 3.20. The van der Waals surface area contributed by atoms with Crippen molar-refractivity contribution in [2.45, 2.75) is 18.9 Å². The predicted molar refractivity (Wildman–Crippen MR) is 77.4 cm³/mol. The molecule has 1 fully saturated rings. The summed E-state index contributed by atoms with van der Waals surface area (Å²) in [5.74, 6) is -0.593. The van der Waals surface area contributed by atoms with E-state index in [-0.39, 0.29) is 11.7 Å². The quantitative estimate of drug-likeness (QED) is 0.890. The summed E-state index contributed by atoms with van der Waals surface area (Å²) >= 11 is 0. The molecule has 0 aliphatic heterocycles. The zero-order valence-electron chi connectivity index (χ0n) is 10.9. The van der Waals surface area contributed by atoms with Gasteiger partial charge in [-0.25, -0.2) is 4.39 Å². The largest absolute Gasteiger partial charge is 0.382 e. The molecule has 3 nitrogen and oxygen atoms in total. The molecule has 0 bridgehead atoms. The highest BCUT2D eigenvalue weighted by atomic mass is 19.1. The van der Waals surface area contributed by atoms with E-state index in [1.54, 1.807) is 0 Å². The van der Waals surface area contributed by atoms with Crippen molar-refractivity contribution >= 4 is 17.3 Å². The van der Waals surface area contributed by atoms with Gasteiger partial charge in [0.25, 0.3) is 5.91 Å². The van der Waals surface area contributed by atoms with Gasteiger partial charge in [-0.3, -0.25) is 4.79 Å². The van der Waals surface area contributed by atoms with Crippen LogP contribution in [0, 0.1) is 5.82 Å². The van der Waals surface area contributed by atoms with Gasteiger partial charge in [0.1, 0.15) is 5.82 Å². The van der Waals surface area contributed by atoms with Crippen LogP contribution < -0.4 is 10.6 Å². The van der Waals surface area contributed by atoms with Crippen LogP contribution in [0.3, 0.4) is 0 Å². The maximum atomic E-state index is 12.8. The van der Waals surface area contributed by atoms with E-state index in [4.69, 9.17) is 0 Å². The van der Waals surface area contributed by atoms with Crippen molar-refractivity contribution in [3.63, 3.8) is 0 Å². The average Bonchev–Trinajstić information content (AvgIpc) is 3.26. The van der Waals surface area contributed by atoms with Crippen LogP contribution in [0.5, 0.6) is 0 Å². The lowest BCUT2D eigenvalue weighted by Gasteiger charge is -2.08. The minimum atomic E-state index is -0.350. The Morgan fingerprint density at radius 2 is 1.55 bits per heavy atom. The summed E-state index contributed by atoms with van der Waals surface area (Å²) in [7, 11) is 0. The second-order valence-electron chi connectivity index (χ2n) is 4.96. The molecule has 0 radical (unpaired) electrons. The van der Waals surface area contributed by atoms with Gasteiger partial charge in [0, 0.05) is 23.0 Å². The van der Waals surface area contributed by atoms with E-state index in [1.165, 1.54) is 37.1 Å². The normalized spacial score (nSPS) is 13.8. The summed E-state index contributed by atoms with van der Waals surface area (Å²) in [6.45, 7) is 0. The Kier molecular flexibility index (Phi) is 3.37. The van der Waals surface area contributed by atoms with Gasteiger partial charge in [0.15, 0.2) is 0 Å². The zero-order chi connectivity index (χ0) is 13.9. The first kappa shape index (κ1) is 12.7. The predicted octanol–water partition coefficient (Wildman–Crippen LogP) is 3.65. The summed E-state index contributed by atoms with van der Waals surface area (Å²) in [5, 5.41) is 6.16. The van der Waals surface area contributed by atoms with Gasteiger partial charge in [-0.05, 0) is 61.4 Å². The summed E-state index contributed by atoms with van der Waals surface area (Å²) < 4.78 is 12.8. The van der Waals surface area contributed by atoms with Gasteiger partial charge in [0.2, 0.25) is 0 Å². The average molecular weight is 270 g/mol. The number of nitrogens with one attached hydrogen (secondary N) is 2.